The van der Waals surface area contributed by atoms with Crippen LogP contribution < -0.4 is 16.4 Å². The van der Waals surface area contributed by atoms with Gasteiger partial charge in [0.2, 0.25) is 0 Å². The van der Waals surface area contributed by atoms with Crippen molar-refractivity contribution in [1.29, 1.82) is 0 Å². The molecule has 0 bridgehead atoms. The molecule has 19 heavy (non-hydrogen) atoms. The van der Waals surface area contributed by atoms with Crippen LogP contribution in [0.2, 0.25) is 0 Å². The van der Waals surface area contributed by atoms with Crippen molar-refractivity contribution in [3.05, 3.63) is 0 Å². The fourth-order valence-corrected chi connectivity index (χ4v) is 1.35. The van der Waals surface area contributed by atoms with Gasteiger partial charge in [-0.2, -0.15) is 0 Å². The summed E-state index contributed by atoms with van der Waals surface area (Å²) >= 11 is 0. The van der Waals surface area contributed by atoms with Gasteiger partial charge in [0.1, 0.15) is 12.1 Å². The maximum Gasteiger partial charge on any atom is 0.322 e. The highest BCUT2D eigenvalue weighted by molar-refractivity contribution is 5.76. The van der Waals surface area contributed by atoms with Gasteiger partial charge in [0.05, 0.1) is 0 Å². The number of hydrogen-bond acceptors (Lipinski definition) is 6. The standard InChI is InChI=1S/C10H19N3O6/c11-3-4-12-7(10(18)19)5-13-6(9(16)17)1-2-8(14)15/h6-7,12-13H,1-5,11H2,(H,14,15)(H,16,17)(H,18,19)/t6-,7-/m0/s1. The summed E-state index contributed by atoms with van der Waals surface area (Å²) in [5, 5.41) is 31.4. The van der Waals surface area contributed by atoms with Gasteiger partial charge in [-0.25, -0.2) is 0 Å². The molecule has 0 spiro atoms. The van der Waals surface area contributed by atoms with E-state index in [0.29, 0.717) is 0 Å². The van der Waals surface area contributed by atoms with Crippen LogP contribution in [0.25, 0.3) is 0 Å². The van der Waals surface area contributed by atoms with E-state index in [1.165, 1.54) is 0 Å². The van der Waals surface area contributed by atoms with Crippen LogP contribution in [0.5, 0.6) is 0 Å². The zero-order valence-corrected chi connectivity index (χ0v) is 10.3. The number of carbonyl (C=O) groups is 3. The first kappa shape index (κ1) is 17.3. The van der Waals surface area contributed by atoms with E-state index in [1.54, 1.807) is 0 Å². The largest absolute Gasteiger partial charge is 0.481 e. The van der Waals surface area contributed by atoms with Crippen LogP contribution in [0.4, 0.5) is 0 Å². The first-order valence-corrected chi connectivity index (χ1v) is 5.72. The van der Waals surface area contributed by atoms with Gasteiger partial charge >= 0.3 is 17.9 Å². The van der Waals surface area contributed by atoms with Gasteiger partial charge < -0.3 is 31.7 Å². The molecule has 0 saturated heterocycles. The van der Waals surface area contributed by atoms with E-state index in [-0.39, 0.29) is 32.5 Å². The molecule has 0 radical (unpaired) electrons. The molecule has 0 aromatic rings. The Morgan fingerprint density at radius 1 is 1.00 bits per heavy atom. The Morgan fingerprint density at radius 2 is 1.58 bits per heavy atom. The maximum absolute atomic E-state index is 10.9. The third-order valence-corrected chi connectivity index (χ3v) is 2.35. The van der Waals surface area contributed by atoms with Crippen molar-refractivity contribution in [1.82, 2.24) is 10.6 Å². The molecule has 0 aromatic carbocycles. The average molecular weight is 277 g/mol. The highest BCUT2D eigenvalue weighted by Gasteiger charge is 2.22. The number of nitrogens with two attached hydrogens (primary N) is 1. The van der Waals surface area contributed by atoms with Gasteiger partial charge in [0.25, 0.3) is 0 Å². The van der Waals surface area contributed by atoms with E-state index in [9.17, 15) is 14.4 Å². The van der Waals surface area contributed by atoms with E-state index in [4.69, 9.17) is 21.1 Å². The number of hydrogen-bond donors (Lipinski definition) is 6. The SMILES string of the molecule is NCCN[C@@H](CN[C@@H](CCC(=O)O)C(=O)O)C(=O)O. The van der Waals surface area contributed by atoms with Crippen LogP contribution in [-0.4, -0.2) is 64.9 Å². The minimum Gasteiger partial charge on any atom is -0.481 e. The van der Waals surface area contributed by atoms with Crippen LogP contribution in [0.1, 0.15) is 12.8 Å². The third-order valence-electron chi connectivity index (χ3n) is 2.35. The number of rotatable bonds is 11. The third kappa shape index (κ3) is 8.08. The van der Waals surface area contributed by atoms with Gasteiger partial charge in [-0.3, -0.25) is 14.4 Å². The Labute approximate surface area is 109 Å². The highest BCUT2D eigenvalue weighted by atomic mass is 16.4. The summed E-state index contributed by atoms with van der Waals surface area (Å²) < 4.78 is 0. The lowest BCUT2D eigenvalue weighted by Gasteiger charge is -2.18. The highest BCUT2D eigenvalue weighted by Crippen LogP contribution is 1.98. The van der Waals surface area contributed by atoms with Crippen LogP contribution >= 0.6 is 0 Å². The van der Waals surface area contributed by atoms with Gasteiger partial charge in [-0.1, -0.05) is 0 Å². The van der Waals surface area contributed by atoms with E-state index >= 15 is 0 Å². The molecule has 0 rings (SSSR count). The van der Waals surface area contributed by atoms with Crippen molar-refractivity contribution >= 4 is 17.9 Å². The minimum atomic E-state index is -1.22. The Hall–Kier alpha value is -1.71. The lowest BCUT2D eigenvalue weighted by molar-refractivity contribution is -0.143. The second-order valence-electron chi connectivity index (χ2n) is 3.87. The molecular formula is C10H19N3O6. The summed E-state index contributed by atoms with van der Waals surface area (Å²) in [6, 6.07) is -2.08. The molecule has 0 aliphatic rings. The topological polar surface area (TPSA) is 162 Å². The smallest absolute Gasteiger partial charge is 0.322 e. The van der Waals surface area contributed by atoms with Crippen LogP contribution in [0.15, 0.2) is 0 Å². The lowest BCUT2D eigenvalue weighted by atomic mass is 10.1. The zero-order chi connectivity index (χ0) is 14.8. The van der Waals surface area contributed by atoms with E-state index < -0.39 is 30.0 Å². The molecule has 0 saturated carbocycles. The summed E-state index contributed by atoms with van der Waals surface area (Å²) in [4.78, 5) is 32.1. The van der Waals surface area contributed by atoms with Gasteiger partial charge in [-0.05, 0) is 6.42 Å². The van der Waals surface area contributed by atoms with Gasteiger partial charge in [0, 0.05) is 26.1 Å². The molecule has 110 valence electrons. The van der Waals surface area contributed by atoms with Crippen molar-refractivity contribution in [3.8, 4) is 0 Å². The first-order chi connectivity index (χ1) is 8.88. The molecular weight excluding hydrogens is 258 g/mol. The summed E-state index contributed by atoms with van der Waals surface area (Å²) in [5.74, 6) is -3.46. The Morgan fingerprint density at radius 3 is 2.00 bits per heavy atom. The Kier molecular flexibility index (Phi) is 8.42. The second kappa shape index (κ2) is 9.25. The first-order valence-electron chi connectivity index (χ1n) is 5.72. The van der Waals surface area contributed by atoms with E-state index in [1.807, 2.05) is 0 Å². The van der Waals surface area contributed by atoms with Crippen molar-refractivity contribution < 1.29 is 29.7 Å². The van der Waals surface area contributed by atoms with Crippen molar-refractivity contribution in [3.63, 3.8) is 0 Å². The molecule has 0 fully saturated rings. The minimum absolute atomic E-state index is 0.117. The fraction of sp³-hybridized carbons (Fsp3) is 0.700. The quantitative estimate of drug-likeness (QED) is 0.248. The van der Waals surface area contributed by atoms with E-state index in [2.05, 4.69) is 10.6 Å². The molecule has 9 heteroatoms. The number of carboxylic acids is 3. The molecule has 2 atom stereocenters. The summed E-state index contributed by atoms with van der Waals surface area (Å²) in [6.07, 6.45) is -0.425. The number of carboxylic acid groups (broad SMARTS) is 3. The number of aliphatic carboxylic acids is 3. The summed E-state index contributed by atoms with van der Waals surface area (Å²) in [6.45, 7) is 0.405. The van der Waals surface area contributed by atoms with Crippen LogP contribution in [-0.2, 0) is 14.4 Å². The van der Waals surface area contributed by atoms with Crippen molar-refractivity contribution in [2.24, 2.45) is 5.73 Å². The maximum atomic E-state index is 10.9. The second-order valence-corrected chi connectivity index (χ2v) is 3.87. The normalized spacial score (nSPS) is 13.7. The Bertz CT molecular complexity index is 322. The monoisotopic (exact) mass is 277 g/mol. The molecule has 0 heterocycles. The van der Waals surface area contributed by atoms with Gasteiger partial charge in [-0.15, -0.1) is 0 Å². The lowest BCUT2D eigenvalue weighted by Crippen LogP contribution is -2.50. The summed E-state index contributed by atoms with van der Waals surface area (Å²) in [5.41, 5.74) is 5.23. The van der Waals surface area contributed by atoms with Crippen LogP contribution in [0, 0.1) is 0 Å². The molecule has 0 aliphatic carbocycles. The molecule has 9 nitrogen and oxygen atoms in total. The van der Waals surface area contributed by atoms with Gasteiger partial charge in [0.15, 0.2) is 0 Å². The molecule has 7 N–H and O–H groups in total. The van der Waals surface area contributed by atoms with Crippen LogP contribution in [0.3, 0.4) is 0 Å². The summed E-state index contributed by atoms with van der Waals surface area (Å²) in [7, 11) is 0. The predicted octanol–water partition coefficient (Wildman–Crippen LogP) is -2.10. The van der Waals surface area contributed by atoms with Crippen molar-refractivity contribution in [2.45, 2.75) is 24.9 Å². The zero-order valence-electron chi connectivity index (χ0n) is 10.3. The fourth-order valence-electron chi connectivity index (χ4n) is 1.35. The predicted molar refractivity (Wildman–Crippen MR) is 64.8 cm³/mol. The van der Waals surface area contributed by atoms with E-state index in [0.717, 1.165) is 0 Å². The molecule has 0 unspecified atom stereocenters. The molecule has 0 amide bonds. The molecule has 0 aromatic heterocycles. The number of nitrogens with one attached hydrogen (secondary N) is 2. The van der Waals surface area contributed by atoms with Crippen molar-refractivity contribution in [2.75, 3.05) is 19.6 Å². The molecule has 0 aliphatic heterocycles. The Balaban J connectivity index is 4.29. The average Bonchev–Trinajstić information content (AvgIpc) is 2.31.